The van der Waals surface area contributed by atoms with Crippen molar-refractivity contribution in [2.75, 3.05) is 25.1 Å². The van der Waals surface area contributed by atoms with Gasteiger partial charge in [-0.25, -0.2) is 9.50 Å². The van der Waals surface area contributed by atoms with Crippen LogP contribution in [0, 0.1) is 0 Å². The Hall–Kier alpha value is -3.23. The minimum absolute atomic E-state index is 0.0941. The molecule has 3 aromatic heterocycles. The number of rotatable bonds is 6. The van der Waals surface area contributed by atoms with E-state index in [1.807, 2.05) is 53.7 Å². The number of thiophene rings is 1. The molecule has 142 valence electrons. The standard InChI is InChI=1S/C20H19N5O2S/c1-24(19-6-3-11-28-19)18-8-7-17-22-13-16(25(17)23-18)14-4-2-5-15(12-14)20(27)21-9-10-26/h2-8,11-13,26H,9-10H2,1H3,(H,21,27). The van der Waals surface area contributed by atoms with Crippen LogP contribution in [0.1, 0.15) is 10.4 Å². The van der Waals surface area contributed by atoms with Gasteiger partial charge in [0.1, 0.15) is 0 Å². The highest BCUT2D eigenvalue weighted by atomic mass is 32.1. The molecule has 0 fully saturated rings. The number of anilines is 2. The van der Waals surface area contributed by atoms with E-state index >= 15 is 0 Å². The second-order valence-electron chi connectivity index (χ2n) is 6.18. The van der Waals surface area contributed by atoms with Crippen LogP contribution in [0.4, 0.5) is 10.8 Å². The number of aliphatic hydroxyl groups is 1. The number of hydrogen-bond donors (Lipinski definition) is 2. The first-order chi connectivity index (χ1) is 13.7. The molecule has 28 heavy (non-hydrogen) atoms. The van der Waals surface area contributed by atoms with Gasteiger partial charge in [-0.15, -0.1) is 16.4 Å². The van der Waals surface area contributed by atoms with Gasteiger partial charge in [-0.05, 0) is 41.8 Å². The summed E-state index contributed by atoms with van der Waals surface area (Å²) >= 11 is 1.64. The molecule has 2 N–H and O–H groups in total. The predicted molar refractivity (Wildman–Crippen MR) is 110 cm³/mol. The average molecular weight is 393 g/mol. The van der Waals surface area contributed by atoms with Crippen molar-refractivity contribution in [2.24, 2.45) is 0 Å². The molecule has 3 heterocycles. The van der Waals surface area contributed by atoms with Gasteiger partial charge in [0.05, 0.1) is 23.5 Å². The molecule has 0 radical (unpaired) electrons. The van der Waals surface area contributed by atoms with Gasteiger partial charge in [0, 0.05) is 24.7 Å². The van der Waals surface area contributed by atoms with Crippen LogP contribution in [-0.2, 0) is 0 Å². The summed E-state index contributed by atoms with van der Waals surface area (Å²) in [5.41, 5.74) is 2.89. The van der Waals surface area contributed by atoms with Gasteiger partial charge in [0.2, 0.25) is 0 Å². The molecular weight excluding hydrogens is 374 g/mol. The zero-order chi connectivity index (χ0) is 19.5. The van der Waals surface area contributed by atoms with Gasteiger partial charge >= 0.3 is 0 Å². The summed E-state index contributed by atoms with van der Waals surface area (Å²) in [6, 6.07) is 15.2. The second kappa shape index (κ2) is 7.79. The van der Waals surface area contributed by atoms with Crippen molar-refractivity contribution in [1.82, 2.24) is 19.9 Å². The average Bonchev–Trinajstić information content (AvgIpc) is 3.41. The van der Waals surface area contributed by atoms with Gasteiger partial charge in [0.15, 0.2) is 11.5 Å². The van der Waals surface area contributed by atoms with Crippen LogP contribution < -0.4 is 10.2 Å². The maximum Gasteiger partial charge on any atom is 0.251 e. The van der Waals surface area contributed by atoms with E-state index in [-0.39, 0.29) is 19.1 Å². The predicted octanol–water partition coefficient (Wildman–Crippen LogP) is 2.95. The Labute approximate surface area is 165 Å². The highest BCUT2D eigenvalue weighted by molar-refractivity contribution is 7.14. The Morgan fingerprint density at radius 3 is 2.93 bits per heavy atom. The molecule has 0 bridgehead atoms. The van der Waals surface area contributed by atoms with E-state index in [1.54, 1.807) is 34.2 Å². The maximum atomic E-state index is 12.2. The summed E-state index contributed by atoms with van der Waals surface area (Å²) in [4.78, 5) is 18.7. The summed E-state index contributed by atoms with van der Waals surface area (Å²) in [6.45, 7) is 0.127. The van der Waals surface area contributed by atoms with Crippen molar-refractivity contribution in [3.05, 3.63) is 65.7 Å². The van der Waals surface area contributed by atoms with E-state index in [4.69, 9.17) is 10.2 Å². The van der Waals surface area contributed by atoms with Crippen LogP contribution in [-0.4, -0.2) is 45.8 Å². The zero-order valence-corrected chi connectivity index (χ0v) is 16.1. The molecule has 1 amide bonds. The number of carbonyl (C=O) groups is 1. The molecule has 1 aromatic carbocycles. The summed E-state index contributed by atoms with van der Waals surface area (Å²) in [5, 5.41) is 19.4. The van der Waals surface area contributed by atoms with E-state index in [1.165, 1.54) is 0 Å². The van der Waals surface area contributed by atoms with E-state index in [2.05, 4.69) is 10.3 Å². The fraction of sp³-hybridized carbons (Fsp3) is 0.150. The van der Waals surface area contributed by atoms with Gasteiger partial charge < -0.3 is 15.3 Å². The number of nitrogens with zero attached hydrogens (tertiary/aromatic N) is 4. The first kappa shape index (κ1) is 18.1. The Morgan fingerprint density at radius 2 is 2.14 bits per heavy atom. The minimum atomic E-state index is -0.226. The van der Waals surface area contributed by atoms with Crippen molar-refractivity contribution < 1.29 is 9.90 Å². The van der Waals surface area contributed by atoms with Crippen molar-refractivity contribution >= 4 is 33.7 Å². The van der Waals surface area contributed by atoms with Crippen LogP contribution in [0.25, 0.3) is 16.9 Å². The van der Waals surface area contributed by atoms with Crippen molar-refractivity contribution in [3.8, 4) is 11.3 Å². The van der Waals surface area contributed by atoms with Gasteiger partial charge in [-0.2, -0.15) is 0 Å². The SMILES string of the molecule is CN(c1ccc2ncc(-c3cccc(C(=O)NCCO)c3)n2n1)c1cccs1. The molecule has 0 spiro atoms. The van der Waals surface area contributed by atoms with Gasteiger partial charge in [-0.1, -0.05) is 12.1 Å². The Kier molecular flexibility index (Phi) is 5.05. The summed E-state index contributed by atoms with van der Waals surface area (Å²) in [5.74, 6) is 0.571. The number of carbonyl (C=O) groups excluding carboxylic acids is 1. The van der Waals surface area contributed by atoms with Crippen molar-refractivity contribution in [2.45, 2.75) is 0 Å². The molecule has 7 nitrogen and oxygen atoms in total. The number of imidazole rings is 1. The maximum absolute atomic E-state index is 12.2. The summed E-state index contributed by atoms with van der Waals surface area (Å²) < 4.78 is 1.78. The number of benzene rings is 1. The third kappa shape index (κ3) is 3.47. The van der Waals surface area contributed by atoms with Gasteiger partial charge in [-0.3, -0.25) is 4.79 Å². The molecule has 0 saturated heterocycles. The van der Waals surface area contributed by atoms with E-state index < -0.39 is 0 Å². The summed E-state index contributed by atoms with van der Waals surface area (Å²) in [7, 11) is 1.97. The fourth-order valence-corrected chi connectivity index (χ4v) is 3.61. The number of hydrogen-bond acceptors (Lipinski definition) is 6. The van der Waals surface area contributed by atoms with Gasteiger partial charge in [0.25, 0.3) is 5.91 Å². The Balaban J connectivity index is 1.71. The normalized spacial score (nSPS) is 10.9. The quantitative estimate of drug-likeness (QED) is 0.526. The number of fused-ring (bicyclic) bond motifs is 1. The highest BCUT2D eigenvalue weighted by Crippen LogP contribution is 2.28. The lowest BCUT2D eigenvalue weighted by molar-refractivity contribution is 0.0945. The van der Waals surface area contributed by atoms with E-state index in [0.29, 0.717) is 5.56 Å². The topological polar surface area (TPSA) is 82.8 Å². The molecule has 0 aliphatic carbocycles. The summed E-state index contributed by atoms with van der Waals surface area (Å²) in [6.07, 6.45) is 1.75. The third-order valence-corrected chi connectivity index (χ3v) is 5.29. The second-order valence-corrected chi connectivity index (χ2v) is 7.10. The molecular formula is C20H19N5O2S. The Bertz CT molecular complexity index is 1110. The van der Waals surface area contributed by atoms with Crippen LogP contribution >= 0.6 is 11.3 Å². The highest BCUT2D eigenvalue weighted by Gasteiger charge is 2.13. The largest absolute Gasteiger partial charge is 0.395 e. The molecule has 4 rings (SSSR count). The van der Waals surface area contributed by atoms with Crippen LogP contribution in [0.3, 0.4) is 0 Å². The Morgan fingerprint density at radius 1 is 1.25 bits per heavy atom. The van der Waals surface area contributed by atoms with Crippen LogP contribution in [0.2, 0.25) is 0 Å². The fourth-order valence-electron chi connectivity index (χ4n) is 2.90. The van der Waals surface area contributed by atoms with Crippen LogP contribution in [0.15, 0.2) is 60.1 Å². The molecule has 8 heteroatoms. The number of aromatic nitrogens is 3. The number of aliphatic hydroxyl groups excluding tert-OH is 1. The number of amides is 1. The van der Waals surface area contributed by atoms with Crippen molar-refractivity contribution in [3.63, 3.8) is 0 Å². The smallest absolute Gasteiger partial charge is 0.251 e. The molecule has 0 saturated carbocycles. The zero-order valence-electron chi connectivity index (χ0n) is 15.2. The molecule has 0 aliphatic heterocycles. The molecule has 0 aliphatic rings. The molecule has 0 atom stereocenters. The third-order valence-electron chi connectivity index (χ3n) is 4.35. The first-order valence-electron chi connectivity index (χ1n) is 8.79. The molecule has 4 aromatic rings. The van der Waals surface area contributed by atoms with E-state index in [9.17, 15) is 4.79 Å². The van der Waals surface area contributed by atoms with Crippen molar-refractivity contribution in [1.29, 1.82) is 0 Å². The lowest BCUT2D eigenvalue weighted by Crippen LogP contribution is -2.26. The lowest BCUT2D eigenvalue weighted by atomic mass is 10.1. The first-order valence-corrected chi connectivity index (χ1v) is 9.67. The minimum Gasteiger partial charge on any atom is -0.395 e. The molecule has 0 unspecified atom stereocenters. The number of nitrogens with one attached hydrogen (secondary N) is 1. The van der Waals surface area contributed by atoms with Crippen LogP contribution in [0.5, 0.6) is 0 Å². The monoisotopic (exact) mass is 393 g/mol. The van der Waals surface area contributed by atoms with E-state index in [0.717, 1.165) is 27.7 Å². The lowest BCUT2D eigenvalue weighted by Gasteiger charge is -2.16.